The summed E-state index contributed by atoms with van der Waals surface area (Å²) in [5, 5.41) is 3.54. The topological polar surface area (TPSA) is 15.3 Å². The van der Waals surface area contributed by atoms with Crippen molar-refractivity contribution in [2.24, 2.45) is 0 Å². The van der Waals surface area contributed by atoms with Crippen molar-refractivity contribution in [1.29, 1.82) is 0 Å². The summed E-state index contributed by atoms with van der Waals surface area (Å²) in [6.07, 6.45) is 2.63. The summed E-state index contributed by atoms with van der Waals surface area (Å²) in [6.45, 7) is 9.89. The van der Waals surface area contributed by atoms with Gasteiger partial charge >= 0.3 is 0 Å². The van der Waals surface area contributed by atoms with E-state index in [1.165, 1.54) is 25.0 Å². The second-order valence-electron chi connectivity index (χ2n) is 4.77. The van der Waals surface area contributed by atoms with Crippen LogP contribution in [0.15, 0.2) is 11.1 Å². The Kier molecular flexibility index (Phi) is 5.65. The molecular formula is C12H23ClN2. The number of halogens is 1. The van der Waals surface area contributed by atoms with E-state index in [0.29, 0.717) is 12.1 Å². The summed E-state index contributed by atoms with van der Waals surface area (Å²) in [5.74, 6) is 0. The van der Waals surface area contributed by atoms with Gasteiger partial charge in [-0.05, 0) is 45.7 Å². The van der Waals surface area contributed by atoms with Crippen LogP contribution < -0.4 is 5.32 Å². The van der Waals surface area contributed by atoms with Crippen molar-refractivity contribution in [3.63, 3.8) is 0 Å². The summed E-state index contributed by atoms with van der Waals surface area (Å²) in [6, 6.07) is 1.26. The molecule has 0 radical (unpaired) electrons. The number of nitrogens with zero attached hydrogens (tertiary/aromatic N) is 1. The molecule has 0 aliphatic carbocycles. The Balaban J connectivity index is 2.42. The van der Waals surface area contributed by atoms with Gasteiger partial charge in [0.1, 0.15) is 0 Å². The van der Waals surface area contributed by atoms with E-state index in [1.807, 2.05) is 0 Å². The Morgan fingerprint density at radius 1 is 1.60 bits per heavy atom. The maximum absolute atomic E-state index is 5.71. The third-order valence-corrected chi connectivity index (χ3v) is 3.36. The summed E-state index contributed by atoms with van der Waals surface area (Å²) in [5.41, 5.74) is 2.93. The third-order valence-electron chi connectivity index (χ3n) is 2.99. The van der Waals surface area contributed by atoms with Crippen LogP contribution in [0.4, 0.5) is 0 Å². The maximum Gasteiger partial charge on any atom is 0.0205 e. The fourth-order valence-corrected chi connectivity index (χ4v) is 2.08. The molecule has 0 aromatic carbocycles. The molecule has 2 nitrogen and oxygen atoms in total. The molecular weight excluding hydrogens is 208 g/mol. The fourth-order valence-electron chi connectivity index (χ4n) is 2.01. The minimum Gasteiger partial charge on any atom is -0.313 e. The normalized spacial score (nSPS) is 23.1. The van der Waals surface area contributed by atoms with Crippen molar-refractivity contribution in [3.8, 4) is 0 Å². The van der Waals surface area contributed by atoms with Crippen molar-refractivity contribution in [1.82, 2.24) is 10.2 Å². The summed E-state index contributed by atoms with van der Waals surface area (Å²) in [4.78, 5) is 2.48. The molecule has 0 spiro atoms. The van der Waals surface area contributed by atoms with Crippen LogP contribution in [-0.2, 0) is 0 Å². The van der Waals surface area contributed by atoms with Crippen LogP contribution in [0.25, 0.3) is 0 Å². The fraction of sp³-hybridized carbons (Fsp3) is 0.833. The van der Waals surface area contributed by atoms with Gasteiger partial charge in [-0.15, -0.1) is 0 Å². The van der Waals surface area contributed by atoms with Crippen LogP contribution in [0.2, 0.25) is 0 Å². The van der Waals surface area contributed by atoms with Gasteiger partial charge in [0.2, 0.25) is 0 Å². The van der Waals surface area contributed by atoms with E-state index < -0.39 is 0 Å². The second kappa shape index (κ2) is 6.51. The molecule has 1 aliphatic heterocycles. The number of nitrogens with one attached hydrogen (secondary N) is 1. The molecule has 1 atom stereocenters. The molecule has 1 N–H and O–H groups in total. The zero-order valence-electron chi connectivity index (χ0n) is 10.1. The Hall–Kier alpha value is -0.0500. The Morgan fingerprint density at radius 2 is 2.33 bits per heavy atom. The summed E-state index contributed by atoms with van der Waals surface area (Å²) in [7, 11) is 0. The van der Waals surface area contributed by atoms with E-state index in [9.17, 15) is 0 Å². The highest BCUT2D eigenvalue weighted by Crippen LogP contribution is 2.11. The van der Waals surface area contributed by atoms with Crippen molar-refractivity contribution in [2.45, 2.75) is 45.7 Å². The lowest BCUT2D eigenvalue weighted by molar-refractivity contribution is 0.219. The third kappa shape index (κ3) is 4.54. The monoisotopic (exact) mass is 230 g/mol. The van der Waals surface area contributed by atoms with Gasteiger partial charge in [0.25, 0.3) is 0 Å². The SMILES string of the molecule is CC(=CCl)CN(CC1CCCN1)C(C)C. The first-order valence-corrected chi connectivity index (χ1v) is 6.30. The first-order chi connectivity index (χ1) is 7.13. The smallest absolute Gasteiger partial charge is 0.0205 e. The molecule has 1 heterocycles. The molecule has 0 bridgehead atoms. The lowest BCUT2D eigenvalue weighted by atomic mass is 10.1. The van der Waals surface area contributed by atoms with Gasteiger partial charge in [-0.1, -0.05) is 11.6 Å². The molecule has 0 saturated carbocycles. The molecule has 0 amide bonds. The molecule has 15 heavy (non-hydrogen) atoms. The molecule has 3 heteroatoms. The zero-order chi connectivity index (χ0) is 11.3. The van der Waals surface area contributed by atoms with Crippen LogP contribution in [-0.4, -0.2) is 36.6 Å². The Labute approximate surface area is 98.7 Å². The van der Waals surface area contributed by atoms with Gasteiger partial charge in [-0.25, -0.2) is 0 Å². The molecule has 1 fully saturated rings. The Bertz CT molecular complexity index is 208. The summed E-state index contributed by atoms with van der Waals surface area (Å²) >= 11 is 5.71. The Morgan fingerprint density at radius 3 is 2.80 bits per heavy atom. The van der Waals surface area contributed by atoms with Crippen molar-refractivity contribution >= 4 is 11.6 Å². The van der Waals surface area contributed by atoms with Crippen LogP contribution >= 0.6 is 11.6 Å². The number of hydrogen-bond donors (Lipinski definition) is 1. The maximum atomic E-state index is 5.71. The van der Waals surface area contributed by atoms with Crippen LogP contribution in [0.1, 0.15) is 33.6 Å². The first-order valence-electron chi connectivity index (χ1n) is 5.86. The van der Waals surface area contributed by atoms with Gasteiger partial charge in [0.15, 0.2) is 0 Å². The second-order valence-corrected chi connectivity index (χ2v) is 4.99. The zero-order valence-corrected chi connectivity index (χ0v) is 10.8. The van der Waals surface area contributed by atoms with E-state index >= 15 is 0 Å². The largest absolute Gasteiger partial charge is 0.313 e. The lowest BCUT2D eigenvalue weighted by Gasteiger charge is -2.29. The number of hydrogen-bond acceptors (Lipinski definition) is 2. The quantitative estimate of drug-likeness (QED) is 0.781. The van der Waals surface area contributed by atoms with E-state index in [0.717, 1.165) is 13.1 Å². The van der Waals surface area contributed by atoms with Crippen molar-refractivity contribution < 1.29 is 0 Å². The molecule has 1 rings (SSSR count). The average Bonchev–Trinajstić information content (AvgIpc) is 2.69. The molecule has 0 aromatic rings. The lowest BCUT2D eigenvalue weighted by Crippen LogP contribution is -2.41. The van der Waals surface area contributed by atoms with Crippen LogP contribution in [0, 0.1) is 0 Å². The van der Waals surface area contributed by atoms with Crippen molar-refractivity contribution in [3.05, 3.63) is 11.1 Å². The van der Waals surface area contributed by atoms with Gasteiger partial charge in [0, 0.05) is 30.7 Å². The van der Waals surface area contributed by atoms with Crippen LogP contribution in [0.5, 0.6) is 0 Å². The van der Waals surface area contributed by atoms with E-state index in [-0.39, 0.29) is 0 Å². The van der Waals surface area contributed by atoms with Gasteiger partial charge in [-0.2, -0.15) is 0 Å². The molecule has 1 saturated heterocycles. The minimum atomic E-state index is 0.582. The highest BCUT2D eigenvalue weighted by atomic mass is 35.5. The van der Waals surface area contributed by atoms with E-state index in [2.05, 4.69) is 31.0 Å². The van der Waals surface area contributed by atoms with Gasteiger partial charge in [-0.3, -0.25) is 4.90 Å². The number of rotatable bonds is 5. The van der Waals surface area contributed by atoms with Gasteiger partial charge < -0.3 is 5.32 Å². The first kappa shape index (κ1) is 13.0. The highest BCUT2D eigenvalue weighted by molar-refractivity contribution is 6.25. The molecule has 88 valence electrons. The standard InChI is InChI=1S/C12H23ClN2/c1-10(2)15(8-11(3)7-13)9-12-5-4-6-14-12/h7,10,12,14H,4-6,8-9H2,1-3H3. The highest BCUT2D eigenvalue weighted by Gasteiger charge is 2.19. The predicted octanol–water partition coefficient (Wildman–Crippen LogP) is 2.59. The molecule has 0 aromatic heterocycles. The van der Waals surface area contributed by atoms with E-state index in [4.69, 9.17) is 11.6 Å². The van der Waals surface area contributed by atoms with Gasteiger partial charge in [0.05, 0.1) is 0 Å². The average molecular weight is 231 g/mol. The van der Waals surface area contributed by atoms with E-state index in [1.54, 1.807) is 5.54 Å². The molecule has 1 aliphatic rings. The minimum absolute atomic E-state index is 0.582. The molecule has 1 unspecified atom stereocenters. The predicted molar refractivity (Wildman–Crippen MR) is 67.3 cm³/mol. The summed E-state index contributed by atoms with van der Waals surface area (Å²) < 4.78 is 0. The van der Waals surface area contributed by atoms with Crippen molar-refractivity contribution in [2.75, 3.05) is 19.6 Å². The van der Waals surface area contributed by atoms with Crippen LogP contribution in [0.3, 0.4) is 0 Å².